The summed E-state index contributed by atoms with van der Waals surface area (Å²) in [5.74, 6) is -0.254. The van der Waals surface area contributed by atoms with E-state index in [1.807, 2.05) is 60.7 Å². The van der Waals surface area contributed by atoms with Crippen molar-refractivity contribution in [3.8, 4) is 0 Å². The minimum absolute atomic E-state index is 0.0703. The number of morpholine rings is 1. The topological polar surface area (TPSA) is 121 Å². The van der Waals surface area contributed by atoms with Crippen molar-refractivity contribution in [1.29, 1.82) is 0 Å². The predicted molar refractivity (Wildman–Crippen MR) is 178 cm³/mol. The van der Waals surface area contributed by atoms with E-state index in [-0.39, 0.29) is 47.1 Å². The number of aliphatic hydroxyl groups is 1. The Morgan fingerprint density at radius 2 is 1.57 bits per heavy atom. The minimum Gasteiger partial charge on any atom is -0.387 e. The summed E-state index contributed by atoms with van der Waals surface area (Å²) in [4.78, 5) is 29.3. The molecule has 9 heteroatoms. The van der Waals surface area contributed by atoms with E-state index in [9.17, 15) is 27.7 Å². The molecule has 1 saturated heterocycles. The lowest BCUT2D eigenvalue weighted by atomic mass is 9.43. The van der Waals surface area contributed by atoms with Crippen LogP contribution >= 0.6 is 0 Å². The van der Waals surface area contributed by atoms with Crippen LogP contribution in [0.3, 0.4) is 0 Å². The van der Waals surface area contributed by atoms with Crippen molar-refractivity contribution in [1.82, 2.24) is 4.90 Å². The van der Waals surface area contributed by atoms with Gasteiger partial charge in [-0.25, -0.2) is 0 Å². The summed E-state index contributed by atoms with van der Waals surface area (Å²) >= 11 is 0. The quantitative estimate of drug-likeness (QED) is 0.401. The van der Waals surface area contributed by atoms with Crippen LogP contribution in [-0.4, -0.2) is 71.6 Å². The molecule has 5 aliphatic rings. The first-order valence-corrected chi connectivity index (χ1v) is 19.0. The average Bonchev–Trinajstić information content (AvgIpc) is 3.37. The summed E-state index contributed by atoms with van der Waals surface area (Å²) in [7, 11) is -4.52. The van der Waals surface area contributed by atoms with Gasteiger partial charge in [-0.3, -0.25) is 19.0 Å². The number of ketones is 2. The molecule has 0 spiro atoms. The second-order valence-corrected chi connectivity index (χ2v) is 17.5. The largest absolute Gasteiger partial charge is 0.387 e. The van der Waals surface area contributed by atoms with E-state index in [1.165, 1.54) is 0 Å². The lowest BCUT2D eigenvalue weighted by molar-refractivity contribution is -0.195. The van der Waals surface area contributed by atoms with Crippen LogP contribution < -0.4 is 0 Å². The second kappa shape index (κ2) is 11.6. The molecular weight excluding hydrogens is 614 g/mol. The Morgan fingerprint density at radius 1 is 0.936 bits per heavy atom. The molecule has 9 atom stereocenters. The lowest BCUT2D eigenvalue weighted by Gasteiger charge is -2.64. The zero-order chi connectivity index (χ0) is 33.4. The van der Waals surface area contributed by atoms with E-state index in [2.05, 4.69) is 18.7 Å². The van der Waals surface area contributed by atoms with E-state index < -0.39 is 38.5 Å². The van der Waals surface area contributed by atoms with Gasteiger partial charge in [0.25, 0.3) is 10.1 Å². The Hall–Kier alpha value is -2.43. The summed E-state index contributed by atoms with van der Waals surface area (Å²) in [6.07, 6.45) is 4.43. The van der Waals surface area contributed by atoms with Crippen LogP contribution in [0, 0.1) is 40.4 Å². The molecule has 0 unspecified atom stereocenters. The Balaban J connectivity index is 1.28. The smallest absolute Gasteiger partial charge is 0.267 e. The molecule has 0 bridgehead atoms. The molecule has 0 aromatic heterocycles. The molecule has 7 rings (SSSR count). The highest BCUT2D eigenvalue weighted by atomic mass is 32.2. The van der Waals surface area contributed by atoms with Gasteiger partial charge in [0.05, 0.1) is 12.2 Å². The highest BCUT2D eigenvalue weighted by Crippen LogP contribution is 2.67. The van der Waals surface area contributed by atoms with Crippen molar-refractivity contribution in [3.63, 3.8) is 0 Å². The Morgan fingerprint density at radius 3 is 2.17 bits per heavy atom. The van der Waals surface area contributed by atoms with Gasteiger partial charge in [0.15, 0.2) is 0 Å². The molecule has 2 aromatic rings. The number of carbonyl (C=O) groups is 2. The normalized spacial score (nSPS) is 40.2. The van der Waals surface area contributed by atoms with Crippen molar-refractivity contribution in [2.45, 2.75) is 83.0 Å². The van der Waals surface area contributed by atoms with Crippen LogP contribution in [-0.2, 0) is 30.0 Å². The van der Waals surface area contributed by atoms with E-state index >= 15 is 0 Å². The van der Waals surface area contributed by atoms with Crippen LogP contribution in [0.4, 0.5) is 0 Å². The second-order valence-electron chi connectivity index (χ2n) is 16.0. The molecule has 254 valence electrons. The molecule has 8 nitrogen and oxygen atoms in total. The van der Waals surface area contributed by atoms with Crippen LogP contribution in [0.2, 0.25) is 0 Å². The highest BCUT2D eigenvalue weighted by Gasteiger charge is 2.67. The Kier molecular flexibility index (Phi) is 8.15. The van der Waals surface area contributed by atoms with Crippen LogP contribution in [0.5, 0.6) is 0 Å². The third-order valence-electron chi connectivity index (χ3n) is 13.6. The summed E-state index contributed by atoms with van der Waals surface area (Å²) in [5, 5.41) is 12.5. The first kappa shape index (κ1) is 33.1. The number of Topliss-reactive ketones (excluding diaryl/α,β-unsaturated/α-hetero) is 2. The summed E-state index contributed by atoms with van der Waals surface area (Å²) in [6, 6.07) is 19.4. The third-order valence-corrected chi connectivity index (χ3v) is 14.5. The lowest BCUT2D eigenvalue weighted by Crippen LogP contribution is -2.69. The van der Waals surface area contributed by atoms with Crippen molar-refractivity contribution >= 4 is 21.7 Å². The Labute approximate surface area is 279 Å². The molecular formula is C38H49NO7S. The molecule has 4 saturated carbocycles. The van der Waals surface area contributed by atoms with Crippen LogP contribution in [0.25, 0.3) is 0 Å². The number of fused-ring (bicyclic) bond motifs is 5. The van der Waals surface area contributed by atoms with Gasteiger partial charge in [0.1, 0.15) is 22.9 Å². The highest BCUT2D eigenvalue weighted by molar-refractivity contribution is 7.85. The monoisotopic (exact) mass is 663 g/mol. The van der Waals surface area contributed by atoms with E-state index in [0.717, 1.165) is 36.8 Å². The maximum atomic E-state index is 14.4. The number of hydrogen-bond donors (Lipinski definition) is 2. The fourth-order valence-corrected chi connectivity index (χ4v) is 12.7. The molecule has 1 aliphatic heterocycles. The molecule has 1 heterocycles. The fraction of sp³-hybridized carbons (Fsp3) is 0.632. The van der Waals surface area contributed by atoms with E-state index in [4.69, 9.17) is 4.74 Å². The first-order valence-electron chi connectivity index (χ1n) is 17.4. The number of rotatable bonds is 6. The molecule has 5 fully saturated rings. The van der Waals surface area contributed by atoms with E-state index in [0.29, 0.717) is 38.5 Å². The van der Waals surface area contributed by atoms with Gasteiger partial charge in [0.2, 0.25) is 0 Å². The molecule has 47 heavy (non-hydrogen) atoms. The van der Waals surface area contributed by atoms with Gasteiger partial charge in [-0.05, 0) is 85.2 Å². The average molecular weight is 664 g/mol. The zero-order valence-electron chi connectivity index (χ0n) is 27.8. The molecule has 0 radical (unpaired) electrons. The van der Waals surface area contributed by atoms with Gasteiger partial charge >= 0.3 is 0 Å². The standard InChI is InChI=1S/C38H49NO7S/c1-25(40)30-16-17-31-29-15-14-28-20-37(42,24-47(43,44)45)33(22-35(28,2)34(29)32(41)21-36(30,31)3)39-18-19-46-38(23-39,26-10-6-4-7-11-26)27-12-8-5-9-13-27/h4-13,28-31,33-34,42H,14-24H2,1-3H3,(H,43,44,45)/t28-,29-,30+,31-,33-,34+,35-,36+,37+/m0/s1. The van der Waals surface area contributed by atoms with Crippen LogP contribution in [0.1, 0.15) is 76.8 Å². The van der Waals surface area contributed by atoms with Gasteiger partial charge in [-0.1, -0.05) is 74.5 Å². The third kappa shape index (κ3) is 5.36. The van der Waals surface area contributed by atoms with Gasteiger partial charge in [-0.15, -0.1) is 0 Å². The first-order chi connectivity index (χ1) is 22.2. The van der Waals surface area contributed by atoms with Gasteiger partial charge in [-0.2, -0.15) is 8.42 Å². The molecule has 2 N–H and O–H groups in total. The van der Waals surface area contributed by atoms with Crippen molar-refractivity contribution in [2.24, 2.45) is 40.4 Å². The minimum atomic E-state index is -4.52. The summed E-state index contributed by atoms with van der Waals surface area (Å²) in [5.41, 5.74) is -1.42. The molecule has 2 aromatic carbocycles. The van der Waals surface area contributed by atoms with Crippen molar-refractivity contribution < 1.29 is 32.4 Å². The molecule has 0 amide bonds. The summed E-state index contributed by atoms with van der Waals surface area (Å²) in [6.45, 7) is 7.25. The maximum absolute atomic E-state index is 14.4. The maximum Gasteiger partial charge on any atom is 0.267 e. The number of benzene rings is 2. The number of ether oxygens (including phenoxy) is 1. The van der Waals surface area contributed by atoms with Gasteiger partial charge in [0, 0.05) is 37.4 Å². The Bertz CT molecular complexity index is 1590. The SMILES string of the molecule is CC(=O)[C@H]1CC[C@H]2[C@@H]3CC[C@H]4C[C@@](O)(CS(=O)(=O)O)[C@@H](N5CCOC(c6ccccc6)(c6ccccc6)C5)C[C@]4(C)[C@H]3C(=O)C[C@]12C. The fourth-order valence-electron chi connectivity index (χ4n) is 11.7. The van der Waals surface area contributed by atoms with Crippen molar-refractivity contribution in [3.05, 3.63) is 71.8 Å². The van der Waals surface area contributed by atoms with E-state index in [1.54, 1.807) is 6.92 Å². The zero-order valence-corrected chi connectivity index (χ0v) is 28.6. The predicted octanol–water partition coefficient (Wildman–Crippen LogP) is 5.29. The molecule has 4 aliphatic carbocycles. The summed E-state index contributed by atoms with van der Waals surface area (Å²) < 4.78 is 41.9. The number of nitrogens with zero attached hydrogens (tertiary/aromatic N) is 1. The van der Waals surface area contributed by atoms with Crippen molar-refractivity contribution in [2.75, 3.05) is 25.4 Å². The van der Waals surface area contributed by atoms with Gasteiger partial charge < -0.3 is 9.84 Å². The number of carbonyl (C=O) groups excluding carboxylic acids is 2. The number of hydrogen-bond acceptors (Lipinski definition) is 7. The van der Waals surface area contributed by atoms with Crippen LogP contribution in [0.15, 0.2) is 60.7 Å².